The molecule has 0 unspecified atom stereocenters. The fourth-order valence-corrected chi connectivity index (χ4v) is 0.870. The Hall–Kier alpha value is -0.790. The van der Waals surface area contributed by atoms with E-state index >= 15 is 0 Å². The van der Waals surface area contributed by atoms with Crippen molar-refractivity contribution < 1.29 is 9.90 Å². The highest BCUT2D eigenvalue weighted by atomic mass is 16.4. The van der Waals surface area contributed by atoms with Gasteiger partial charge in [0.15, 0.2) is 0 Å². The van der Waals surface area contributed by atoms with Gasteiger partial charge in [-0.2, -0.15) is 0 Å². The Morgan fingerprint density at radius 3 is 1.82 bits per heavy atom. The number of rotatable bonds is 3. The Morgan fingerprint density at radius 1 is 1.27 bits per heavy atom. The molecule has 0 aromatic heterocycles. The van der Waals surface area contributed by atoms with E-state index in [-0.39, 0.29) is 5.92 Å². The second-order valence-corrected chi connectivity index (χ2v) is 3.33. The average molecular weight is 156 g/mol. The van der Waals surface area contributed by atoms with Crippen molar-refractivity contribution in [3.05, 3.63) is 11.6 Å². The molecule has 11 heavy (non-hydrogen) atoms. The molecule has 0 saturated carbocycles. The van der Waals surface area contributed by atoms with Crippen LogP contribution < -0.4 is 0 Å². The van der Waals surface area contributed by atoms with Crippen LogP contribution in [0.3, 0.4) is 0 Å². The van der Waals surface area contributed by atoms with E-state index in [2.05, 4.69) is 0 Å². The number of carboxylic acids is 1. The van der Waals surface area contributed by atoms with Gasteiger partial charge >= 0.3 is 5.97 Å². The van der Waals surface area contributed by atoms with Crippen LogP contribution in [-0.2, 0) is 4.79 Å². The topological polar surface area (TPSA) is 37.3 Å². The Bertz CT molecular complexity index is 166. The van der Waals surface area contributed by atoms with E-state index in [1.165, 1.54) is 0 Å². The van der Waals surface area contributed by atoms with Crippen molar-refractivity contribution >= 4 is 5.97 Å². The lowest BCUT2D eigenvalue weighted by Crippen LogP contribution is -2.08. The molecule has 2 nitrogen and oxygen atoms in total. The van der Waals surface area contributed by atoms with Gasteiger partial charge in [-0.3, -0.25) is 0 Å². The van der Waals surface area contributed by atoms with Gasteiger partial charge in [-0.15, -0.1) is 0 Å². The highest BCUT2D eigenvalue weighted by molar-refractivity contribution is 5.86. The lowest BCUT2D eigenvalue weighted by atomic mass is 9.99. The molecule has 0 amide bonds. The molecule has 0 aliphatic heterocycles. The van der Waals surface area contributed by atoms with E-state index in [0.717, 1.165) is 0 Å². The smallest absolute Gasteiger partial charge is 0.331 e. The summed E-state index contributed by atoms with van der Waals surface area (Å²) in [5.41, 5.74) is 0.514. The first-order valence-electron chi connectivity index (χ1n) is 3.90. The van der Waals surface area contributed by atoms with Crippen LogP contribution in [0.15, 0.2) is 11.6 Å². The molecule has 0 heterocycles. The van der Waals surface area contributed by atoms with E-state index in [0.29, 0.717) is 11.5 Å². The van der Waals surface area contributed by atoms with Gasteiger partial charge in [0.25, 0.3) is 0 Å². The minimum absolute atomic E-state index is 0.106. The van der Waals surface area contributed by atoms with Gasteiger partial charge in [0.05, 0.1) is 0 Å². The normalized spacial score (nSPS) is 12.7. The summed E-state index contributed by atoms with van der Waals surface area (Å²) in [4.78, 5) is 10.6. The van der Waals surface area contributed by atoms with Crippen LogP contribution in [0.25, 0.3) is 0 Å². The molecule has 0 aliphatic carbocycles. The quantitative estimate of drug-likeness (QED) is 0.636. The van der Waals surface area contributed by atoms with Crippen molar-refractivity contribution in [2.45, 2.75) is 27.7 Å². The number of carboxylic acid groups (broad SMARTS) is 1. The molecular formula is C9H16O2. The third-order valence-corrected chi connectivity index (χ3v) is 1.38. The number of carbonyl (C=O) groups is 1. The minimum atomic E-state index is -0.797. The monoisotopic (exact) mass is 156 g/mol. The molecule has 1 N–H and O–H groups in total. The average Bonchev–Trinajstić information content (AvgIpc) is 1.81. The minimum Gasteiger partial charge on any atom is -0.478 e. The van der Waals surface area contributed by atoms with E-state index in [1.807, 2.05) is 27.7 Å². The maximum Gasteiger partial charge on any atom is 0.331 e. The van der Waals surface area contributed by atoms with Crippen LogP contribution in [0.5, 0.6) is 0 Å². The number of hydrogen-bond acceptors (Lipinski definition) is 1. The van der Waals surface area contributed by atoms with Crippen molar-refractivity contribution in [3.8, 4) is 0 Å². The molecule has 0 saturated heterocycles. The molecule has 0 aromatic carbocycles. The van der Waals surface area contributed by atoms with Crippen molar-refractivity contribution in [2.75, 3.05) is 0 Å². The molecule has 0 atom stereocenters. The molecule has 0 aliphatic rings. The zero-order valence-corrected chi connectivity index (χ0v) is 7.59. The van der Waals surface area contributed by atoms with E-state index in [1.54, 1.807) is 6.08 Å². The van der Waals surface area contributed by atoms with Gasteiger partial charge in [-0.25, -0.2) is 4.79 Å². The lowest BCUT2D eigenvalue weighted by Gasteiger charge is -2.06. The molecule has 0 fully saturated rings. The maximum absolute atomic E-state index is 10.6. The molecular weight excluding hydrogens is 140 g/mol. The second kappa shape index (κ2) is 4.16. The van der Waals surface area contributed by atoms with E-state index in [4.69, 9.17) is 5.11 Å². The van der Waals surface area contributed by atoms with Crippen LogP contribution in [0.4, 0.5) is 0 Å². The van der Waals surface area contributed by atoms with Crippen LogP contribution in [0, 0.1) is 11.8 Å². The summed E-state index contributed by atoms with van der Waals surface area (Å²) in [6.45, 7) is 7.74. The van der Waals surface area contributed by atoms with Gasteiger partial charge < -0.3 is 5.11 Å². The highest BCUT2D eigenvalue weighted by Crippen LogP contribution is 2.12. The summed E-state index contributed by atoms with van der Waals surface area (Å²) in [5.74, 6) is -0.382. The fraction of sp³-hybridized carbons (Fsp3) is 0.667. The SMILES string of the molecule is CC(C)/C=C(/C(=O)O)C(C)C. The molecule has 0 bridgehead atoms. The molecule has 0 rings (SSSR count). The zero-order valence-electron chi connectivity index (χ0n) is 7.59. The highest BCUT2D eigenvalue weighted by Gasteiger charge is 2.11. The Labute approximate surface area is 67.9 Å². The van der Waals surface area contributed by atoms with Crippen LogP contribution in [-0.4, -0.2) is 11.1 Å². The summed E-state index contributed by atoms with van der Waals surface area (Å²) in [5, 5.41) is 8.72. The lowest BCUT2D eigenvalue weighted by molar-refractivity contribution is -0.133. The molecule has 0 radical (unpaired) electrons. The fourth-order valence-electron chi connectivity index (χ4n) is 0.870. The first-order chi connectivity index (χ1) is 4.95. The largest absolute Gasteiger partial charge is 0.478 e. The molecule has 2 heteroatoms. The van der Waals surface area contributed by atoms with Crippen molar-refractivity contribution in [1.29, 1.82) is 0 Å². The first-order valence-corrected chi connectivity index (χ1v) is 3.90. The zero-order chi connectivity index (χ0) is 9.02. The summed E-state index contributed by atoms with van der Waals surface area (Å²) < 4.78 is 0. The Morgan fingerprint density at radius 2 is 1.73 bits per heavy atom. The van der Waals surface area contributed by atoms with Gasteiger partial charge in [0.1, 0.15) is 0 Å². The van der Waals surface area contributed by atoms with Crippen molar-refractivity contribution in [1.82, 2.24) is 0 Å². The molecule has 64 valence electrons. The second-order valence-electron chi connectivity index (χ2n) is 3.33. The van der Waals surface area contributed by atoms with E-state index in [9.17, 15) is 4.79 Å². The van der Waals surface area contributed by atoms with Gasteiger partial charge in [0.2, 0.25) is 0 Å². The summed E-state index contributed by atoms with van der Waals surface area (Å²) in [6, 6.07) is 0. The summed E-state index contributed by atoms with van der Waals surface area (Å²) in [6.07, 6.45) is 1.80. The standard InChI is InChI=1S/C9H16O2/c1-6(2)5-8(7(3)4)9(10)11/h5-7H,1-4H3,(H,10,11)/b8-5+. The Balaban J connectivity index is 4.47. The summed E-state index contributed by atoms with van der Waals surface area (Å²) >= 11 is 0. The third-order valence-electron chi connectivity index (χ3n) is 1.38. The maximum atomic E-state index is 10.6. The predicted molar refractivity (Wildman–Crippen MR) is 45.4 cm³/mol. The van der Waals surface area contributed by atoms with Crippen molar-refractivity contribution in [3.63, 3.8) is 0 Å². The van der Waals surface area contributed by atoms with E-state index < -0.39 is 5.97 Å². The Kier molecular flexibility index (Phi) is 3.86. The molecule has 0 aromatic rings. The first kappa shape index (κ1) is 10.2. The van der Waals surface area contributed by atoms with Gasteiger partial charge in [0, 0.05) is 5.57 Å². The molecule has 0 spiro atoms. The predicted octanol–water partition coefficient (Wildman–Crippen LogP) is 2.31. The van der Waals surface area contributed by atoms with Crippen LogP contribution in [0.2, 0.25) is 0 Å². The van der Waals surface area contributed by atoms with Gasteiger partial charge in [-0.05, 0) is 11.8 Å². The number of aliphatic carboxylic acids is 1. The third kappa shape index (κ3) is 3.81. The van der Waals surface area contributed by atoms with Gasteiger partial charge in [-0.1, -0.05) is 33.8 Å². The number of allylic oxidation sites excluding steroid dienone is 1. The van der Waals surface area contributed by atoms with Crippen molar-refractivity contribution in [2.24, 2.45) is 11.8 Å². The number of hydrogen-bond donors (Lipinski definition) is 1. The van der Waals surface area contributed by atoms with Crippen LogP contribution in [0.1, 0.15) is 27.7 Å². The van der Waals surface area contributed by atoms with Crippen LogP contribution >= 0.6 is 0 Å². The summed E-state index contributed by atoms with van der Waals surface area (Å²) in [7, 11) is 0.